The molecule has 2 rings (SSSR count). The fourth-order valence-electron chi connectivity index (χ4n) is 1.89. The Kier molecular flexibility index (Phi) is 3.53. The second-order valence-corrected chi connectivity index (χ2v) is 4.40. The van der Waals surface area contributed by atoms with Crippen LogP contribution < -0.4 is 16.0 Å². The van der Waals surface area contributed by atoms with Gasteiger partial charge in [0.15, 0.2) is 0 Å². The first-order valence-corrected chi connectivity index (χ1v) is 5.85. The van der Waals surface area contributed by atoms with E-state index in [0.29, 0.717) is 11.9 Å². The molecule has 5 heteroatoms. The number of nitrogens with zero attached hydrogens (tertiary/aromatic N) is 1. The van der Waals surface area contributed by atoms with Gasteiger partial charge in [-0.2, -0.15) is 0 Å². The zero-order valence-electron chi connectivity index (χ0n) is 10.8. The molecule has 5 nitrogen and oxygen atoms in total. The van der Waals surface area contributed by atoms with E-state index >= 15 is 0 Å². The first-order chi connectivity index (χ1) is 8.65. The third kappa shape index (κ3) is 2.31. The van der Waals surface area contributed by atoms with Crippen molar-refractivity contribution in [2.24, 2.45) is 5.84 Å². The van der Waals surface area contributed by atoms with Crippen LogP contribution in [-0.2, 0) is 0 Å². The van der Waals surface area contributed by atoms with Gasteiger partial charge in [0.25, 0.3) is 0 Å². The molecule has 0 fully saturated rings. The molecule has 2 aromatic rings. The molecule has 0 aliphatic heterocycles. The van der Waals surface area contributed by atoms with E-state index in [2.05, 4.69) is 35.3 Å². The maximum absolute atomic E-state index is 5.37. The highest BCUT2D eigenvalue weighted by Gasteiger charge is 2.10. The van der Waals surface area contributed by atoms with Crippen LogP contribution in [0.25, 0.3) is 11.3 Å². The van der Waals surface area contributed by atoms with Gasteiger partial charge in [-0.15, -0.1) is 0 Å². The number of rotatable bonds is 4. The van der Waals surface area contributed by atoms with Gasteiger partial charge >= 0.3 is 0 Å². The summed E-state index contributed by atoms with van der Waals surface area (Å²) in [6, 6.07) is 6.08. The topological polar surface area (TPSA) is 76.0 Å². The van der Waals surface area contributed by atoms with Crippen molar-refractivity contribution in [2.45, 2.75) is 19.8 Å². The van der Waals surface area contributed by atoms with Crippen molar-refractivity contribution in [3.63, 3.8) is 0 Å². The Morgan fingerprint density at radius 2 is 2.17 bits per heavy atom. The molecule has 0 saturated carbocycles. The van der Waals surface area contributed by atoms with Crippen molar-refractivity contribution >= 4 is 5.95 Å². The summed E-state index contributed by atoms with van der Waals surface area (Å²) in [6.07, 6.45) is 1.75. The molecule has 1 heterocycles. The van der Waals surface area contributed by atoms with Crippen LogP contribution in [0.4, 0.5) is 5.95 Å². The Labute approximate surface area is 106 Å². The number of hydrazine groups is 1. The molecule has 0 bridgehead atoms. The number of hydrogen-bond donors (Lipinski definition) is 3. The van der Waals surface area contributed by atoms with E-state index in [0.717, 1.165) is 17.0 Å². The van der Waals surface area contributed by atoms with Gasteiger partial charge in [-0.25, -0.2) is 10.8 Å². The number of nitrogen functional groups attached to an aromatic ring is 1. The average molecular weight is 246 g/mol. The van der Waals surface area contributed by atoms with Crippen molar-refractivity contribution in [2.75, 3.05) is 12.5 Å². The van der Waals surface area contributed by atoms with E-state index in [4.69, 9.17) is 10.6 Å². The van der Waals surface area contributed by atoms with Crippen LogP contribution >= 0.6 is 0 Å². The standard InChI is InChI=1S/C13H18N4O/c1-8(2)10-6-9(4-5-12(10)18-3)11-7-15-13(16-11)17-14/h4-8H,14H2,1-3H3,(H2,15,16,17). The number of aromatic amines is 1. The van der Waals surface area contributed by atoms with Crippen LogP contribution in [0.1, 0.15) is 25.3 Å². The van der Waals surface area contributed by atoms with E-state index in [9.17, 15) is 0 Å². The lowest BCUT2D eigenvalue weighted by Crippen LogP contribution is -2.07. The lowest BCUT2D eigenvalue weighted by molar-refractivity contribution is 0.407. The highest BCUT2D eigenvalue weighted by atomic mass is 16.5. The summed E-state index contributed by atoms with van der Waals surface area (Å²) >= 11 is 0. The molecule has 0 amide bonds. The summed E-state index contributed by atoms with van der Waals surface area (Å²) in [5, 5.41) is 0. The van der Waals surface area contributed by atoms with E-state index in [1.54, 1.807) is 13.3 Å². The lowest BCUT2D eigenvalue weighted by Gasteiger charge is -2.12. The van der Waals surface area contributed by atoms with Gasteiger partial charge in [0.05, 0.1) is 19.0 Å². The highest BCUT2D eigenvalue weighted by molar-refractivity contribution is 5.63. The number of imidazole rings is 1. The number of nitrogens with two attached hydrogens (primary N) is 1. The van der Waals surface area contributed by atoms with Crippen LogP contribution in [0.15, 0.2) is 24.4 Å². The number of methoxy groups -OCH3 is 1. The molecule has 0 atom stereocenters. The molecule has 1 aromatic heterocycles. The van der Waals surface area contributed by atoms with Crippen LogP contribution in [-0.4, -0.2) is 17.1 Å². The zero-order chi connectivity index (χ0) is 13.1. The summed E-state index contributed by atoms with van der Waals surface area (Å²) < 4.78 is 5.37. The van der Waals surface area contributed by atoms with Gasteiger partial charge in [0, 0.05) is 5.56 Å². The minimum atomic E-state index is 0.398. The Morgan fingerprint density at radius 3 is 2.72 bits per heavy atom. The van der Waals surface area contributed by atoms with Gasteiger partial charge in [0.2, 0.25) is 5.95 Å². The van der Waals surface area contributed by atoms with Crippen LogP contribution in [0.3, 0.4) is 0 Å². The average Bonchev–Trinajstić information content (AvgIpc) is 2.86. The number of anilines is 1. The third-order valence-corrected chi connectivity index (χ3v) is 2.88. The molecule has 0 radical (unpaired) electrons. The predicted octanol–water partition coefficient (Wildman–Crippen LogP) is 2.49. The van der Waals surface area contributed by atoms with Crippen molar-refractivity contribution in [1.82, 2.24) is 9.97 Å². The van der Waals surface area contributed by atoms with Crippen molar-refractivity contribution in [3.05, 3.63) is 30.0 Å². The predicted molar refractivity (Wildman–Crippen MR) is 72.5 cm³/mol. The maximum atomic E-state index is 5.37. The monoisotopic (exact) mass is 246 g/mol. The van der Waals surface area contributed by atoms with E-state index in [-0.39, 0.29) is 0 Å². The molecule has 0 saturated heterocycles. The summed E-state index contributed by atoms with van der Waals surface area (Å²) in [7, 11) is 1.69. The SMILES string of the molecule is COc1ccc(-c2cnc(NN)[nH]2)cc1C(C)C. The lowest BCUT2D eigenvalue weighted by atomic mass is 9.98. The first kappa shape index (κ1) is 12.4. The summed E-state index contributed by atoms with van der Waals surface area (Å²) in [4.78, 5) is 7.20. The van der Waals surface area contributed by atoms with Crippen molar-refractivity contribution < 1.29 is 4.74 Å². The Bertz CT molecular complexity index is 534. The summed E-state index contributed by atoms with van der Waals surface area (Å²) in [5.74, 6) is 7.16. The quantitative estimate of drug-likeness (QED) is 0.572. The molecule has 4 N–H and O–H groups in total. The summed E-state index contributed by atoms with van der Waals surface area (Å²) in [5.41, 5.74) is 5.65. The Balaban J connectivity index is 2.42. The number of nitrogens with one attached hydrogen (secondary N) is 2. The normalized spacial score (nSPS) is 10.7. The Morgan fingerprint density at radius 1 is 1.39 bits per heavy atom. The second-order valence-electron chi connectivity index (χ2n) is 4.40. The number of ether oxygens (including phenoxy) is 1. The molecule has 0 aliphatic carbocycles. The van der Waals surface area contributed by atoms with Gasteiger partial charge in [-0.05, 0) is 29.7 Å². The molecular formula is C13H18N4O. The smallest absolute Gasteiger partial charge is 0.215 e. The van der Waals surface area contributed by atoms with Gasteiger partial charge in [0.1, 0.15) is 5.75 Å². The van der Waals surface area contributed by atoms with Crippen LogP contribution in [0.5, 0.6) is 5.75 Å². The highest BCUT2D eigenvalue weighted by Crippen LogP contribution is 2.31. The number of H-pyrrole nitrogens is 1. The number of aromatic nitrogens is 2. The second kappa shape index (κ2) is 5.10. The van der Waals surface area contributed by atoms with Crippen molar-refractivity contribution in [1.29, 1.82) is 0 Å². The van der Waals surface area contributed by atoms with E-state index in [1.165, 1.54) is 5.56 Å². The molecular weight excluding hydrogens is 228 g/mol. The van der Waals surface area contributed by atoms with Gasteiger partial charge in [-0.3, -0.25) is 5.43 Å². The third-order valence-electron chi connectivity index (χ3n) is 2.88. The molecule has 0 aliphatic rings. The largest absolute Gasteiger partial charge is 0.496 e. The van der Waals surface area contributed by atoms with Gasteiger partial charge < -0.3 is 9.72 Å². The van der Waals surface area contributed by atoms with E-state index in [1.807, 2.05) is 12.1 Å². The molecule has 0 spiro atoms. The zero-order valence-corrected chi connectivity index (χ0v) is 10.8. The molecule has 18 heavy (non-hydrogen) atoms. The first-order valence-electron chi connectivity index (χ1n) is 5.85. The minimum Gasteiger partial charge on any atom is -0.496 e. The minimum absolute atomic E-state index is 0.398. The van der Waals surface area contributed by atoms with Crippen molar-refractivity contribution in [3.8, 4) is 17.0 Å². The van der Waals surface area contributed by atoms with Gasteiger partial charge in [-0.1, -0.05) is 13.8 Å². The molecule has 1 aromatic carbocycles. The Hall–Kier alpha value is -2.01. The fraction of sp³-hybridized carbons (Fsp3) is 0.308. The van der Waals surface area contributed by atoms with E-state index < -0.39 is 0 Å². The molecule has 0 unspecified atom stereocenters. The van der Waals surface area contributed by atoms with Crippen LogP contribution in [0.2, 0.25) is 0 Å². The number of benzene rings is 1. The number of hydrogen-bond acceptors (Lipinski definition) is 4. The fourth-order valence-corrected chi connectivity index (χ4v) is 1.89. The summed E-state index contributed by atoms with van der Waals surface area (Å²) in [6.45, 7) is 4.28. The maximum Gasteiger partial charge on any atom is 0.215 e. The molecule has 96 valence electrons. The van der Waals surface area contributed by atoms with Crippen LogP contribution in [0, 0.1) is 0 Å².